The van der Waals surface area contributed by atoms with Gasteiger partial charge in [0.1, 0.15) is 6.04 Å². The number of carbonyl (C=O) groups is 2. The van der Waals surface area contributed by atoms with Crippen LogP contribution in [0.25, 0.3) is 0 Å². The fourth-order valence-corrected chi connectivity index (χ4v) is 3.29. The lowest BCUT2D eigenvalue weighted by atomic mass is 10.0. The molecule has 1 amide bonds. The molecule has 6 heteroatoms. The molecule has 1 N–H and O–H groups in total. The van der Waals surface area contributed by atoms with Crippen molar-refractivity contribution >= 4 is 35.1 Å². The molecule has 1 aliphatic carbocycles. The van der Waals surface area contributed by atoms with Crippen LogP contribution in [0, 0.1) is 11.8 Å². The molecule has 1 saturated carbocycles. The Balaban J connectivity index is 2.00. The second-order valence-electron chi connectivity index (χ2n) is 6.37. The Morgan fingerprint density at radius 1 is 1.26 bits per heavy atom. The smallest absolute Gasteiger partial charge is 0.328 e. The first kappa shape index (κ1) is 18.1. The first-order chi connectivity index (χ1) is 10.8. The van der Waals surface area contributed by atoms with Crippen molar-refractivity contribution in [2.45, 2.75) is 38.6 Å². The predicted octanol–water partition coefficient (Wildman–Crippen LogP) is 3.80. The molecule has 1 aromatic carbocycles. The lowest BCUT2D eigenvalue weighted by Crippen LogP contribution is -2.43. The summed E-state index contributed by atoms with van der Waals surface area (Å²) in [6, 6.07) is 4.73. The van der Waals surface area contributed by atoms with E-state index in [2.05, 4.69) is 5.32 Å². The average molecular weight is 358 g/mol. The highest BCUT2D eigenvalue weighted by Gasteiger charge is 2.45. The number of carbonyl (C=O) groups excluding carboxylic acids is 2. The van der Waals surface area contributed by atoms with Crippen LogP contribution in [0.1, 0.15) is 38.2 Å². The topological polar surface area (TPSA) is 55.4 Å². The zero-order chi connectivity index (χ0) is 17.1. The van der Waals surface area contributed by atoms with Gasteiger partial charge in [-0.05, 0) is 48.4 Å². The minimum absolute atomic E-state index is 0.101. The molecule has 126 valence electrons. The van der Waals surface area contributed by atoms with E-state index in [1.165, 1.54) is 7.11 Å². The lowest BCUT2D eigenvalue weighted by Gasteiger charge is -2.18. The molecule has 4 nitrogen and oxygen atoms in total. The molecule has 0 aliphatic heterocycles. The summed E-state index contributed by atoms with van der Waals surface area (Å²) in [6.45, 7) is 3.99. The van der Waals surface area contributed by atoms with E-state index in [0.717, 1.165) is 12.0 Å². The van der Waals surface area contributed by atoms with Gasteiger partial charge in [0.05, 0.1) is 7.11 Å². The van der Waals surface area contributed by atoms with Gasteiger partial charge in [0.2, 0.25) is 5.91 Å². The van der Waals surface area contributed by atoms with E-state index in [9.17, 15) is 9.59 Å². The molecule has 0 radical (unpaired) electrons. The number of ether oxygens (including phenoxy) is 1. The zero-order valence-electron chi connectivity index (χ0n) is 13.4. The van der Waals surface area contributed by atoms with Crippen LogP contribution >= 0.6 is 23.2 Å². The number of rotatable bonds is 6. The van der Waals surface area contributed by atoms with Gasteiger partial charge in [-0.1, -0.05) is 37.0 Å². The summed E-state index contributed by atoms with van der Waals surface area (Å²) in [7, 11) is 1.33. The normalized spacial score (nSPS) is 21.0. The number of benzene rings is 1. The van der Waals surface area contributed by atoms with Crippen molar-refractivity contribution in [3.63, 3.8) is 0 Å². The number of halogens is 2. The Hall–Kier alpha value is -1.26. The molecule has 1 fully saturated rings. The van der Waals surface area contributed by atoms with Crippen molar-refractivity contribution in [3.05, 3.63) is 33.8 Å². The highest BCUT2D eigenvalue weighted by atomic mass is 35.5. The molecular formula is C17H21Cl2NO3. The van der Waals surface area contributed by atoms with Gasteiger partial charge in [0.25, 0.3) is 0 Å². The summed E-state index contributed by atoms with van der Waals surface area (Å²) in [6.07, 6.45) is 1.29. The van der Waals surface area contributed by atoms with Crippen LogP contribution in [0.4, 0.5) is 0 Å². The maximum absolute atomic E-state index is 12.4. The molecule has 23 heavy (non-hydrogen) atoms. The van der Waals surface area contributed by atoms with E-state index in [1.807, 2.05) is 26.0 Å². The number of nitrogens with one attached hydrogen (secondary N) is 1. The second kappa shape index (κ2) is 7.54. The molecule has 0 spiro atoms. The Morgan fingerprint density at radius 2 is 1.87 bits per heavy atom. The number of methoxy groups -OCH3 is 1. The maximum atomic E-state index is 12.4. The molecule has 1 aliphatic rings. The molecule has 0 unspecified atom stereocenters. The van der Waals surface area contributed by atoms with Crippen molar-refractivity contribution in [2.75, 3.05) is 7.11 Å². The standard InChI is InChI=1S/C17H21Cl2NO3/c1-9(2)4-15(17(22)23-3)20-16(21)14-8-13(14)10-5-11(18)7-12(19)6-10/h5-7,9,13-15H,4,8H2,1-3H3,(H,20,21)/t13-,14+,15+/m1/s1. The summed E-state index contributed by atoms with van der Waals surface area (Å²) in [5.74, 6) is -0.300. The van der Waals surface area contributed by atoms with E-state index in [-0.39, 0.29) is 23.7 Å². The van der Waals surface area contributed by atoms with E-state index < -0.39 is 12.0 Å². The van der Waals surface area contributed by atoms with Crippen molar-refractivity contribution in [1.82, 2.24) is 5.32 Å². The van der Waals surface area contributed by atoms with Gasteiger partial charge in [0, 0.05) is 16.0 Å². The second-order valence-corrected chi connectivity index (χ2v) is 7.24. The van der Waals surface area contributed by atoms with Crippen molar-refractivity contribution < 1.29 is 14.3 Å². The molecule has 1 aromatic rings. The number of hydrogen-bond acceptors (Lipinski definition) is 3. The van der Waals surface area contributed by atoms with Gasteiger partial charge in [-0.25, -0.2) is 4.79 Å². The highest BCUT2D eigenvalue weighted by molar-refractivity contribution is 6.34. The zero-order valence-corrected chi connectivity index (χ0v) is 14.9. The highest BCUT2D eigenvalue weighted by Crippen LogP contribution is 2.48. The summed E-state index contributed by atoms with van der Waals surface area (Å²) in [5, 5.41) is 3.93. The van der Waals surface area contributed by atoms with Gasteiger partial charge in [0.15, 0.2) is 0 Å². The molecule has 2 rings (SSSR count). The minimum atomic E-state index is -0.600. The van der Waals surface area contributed by atoms with Gasteiger partial charge < -0.3 is 10.1 Å². The van der Waals surface area contributed by atoms with Gasteiger partial charge in [-0.3, -0.25) is 4.79 Å². The lowest BCUT2D eigenvalue weighted by molar-refractivity contribution is -0.145. The van der Waals surface area contributed by atoms with Crippen LogP contribution in [0.5, 0.6) is 0 Å². The SMILES string of the molecule is COC(=O)[C@H](CC(C)C)NC(=O)[C@H]1C[C@@H]1c1cc(Cl)cc(Cl)c1. The molecule has 0 bridgehead atoms. The van der Waals surface area contributed by atoms with Gasteiger partial charge in [-0.15, -0.1) is 0 Å². The van der Waals surface area contributed by atoms with Crippen LogP contribution in [0.3, 0.4) is 0 Å². The number of esters is 1. The molecule has 0 saturated heterocycles. The fraction of sp³-hybridized carbons (Fsp3) is 0.529. The van der Waals surface area contributed by atoms with Crippen LogP contribution in [0.15, 0.2) is 18.2 Å². The summed E-state index contributed by atoms with van der Waals surface area (Å²) in [4.78, 5) is 24.2. The summed E-state index contributed by atoms with van der Waals surface area (Å²) >= 11 is 12.0. The van der Waals surface area contributed by atoms with Crippen LogP contribution < -0.4 is 5.32 Å². The fourth-order valence-electron chi connectivity index (χ4n) is 2.75. The molecule has 0 aromatic heterocycles. The third-order valence-corrected chi connectivity index (χ3v) is 4.39. The summed E-state index contributed by atoms with van der Waals surface area (Å²) in [5.41, 5.74) is 0.959. The Bertz CT molecular complexity index is 583. The van der Waals surface area contributed by atoms with Crippen molar-refractivity contribution in [3.8, 4) is 0 Å². The monoisotopic (exact) mass is 357 g/mol. The summed E-state index contributed by atoms with van der Waals surface area (Å²) < 4.78 is 4.77. The third-order valence-electron chi connectivity index (χ3n) is 3.95. The maximum Gasteiger partial charge on any atom is 0.328 e. The minimum Gasteiger partial charge on any atom is -0.467 e. The number of hydrogen-bond donors (Lipinski definition) is 1. The number of amides is 1. The molecule has 0 heterocycles. The Labute approximate surface area is 146 Å². The third kappa shape index (κ3) is 4.85. The van der Waals surface area contributed by atoms with Crippen molar-refractivity contribution in [1.29, 1.82) is 0 Å². The van der Waals surface area contributed by atoms with Crippen molar-refractivity contribution in [2.24, 2.45) is 11.8 Å². The molecule has 3 atom stereocenters. The van der Waals surface area contributed by atoms with Crippen LogP contribution in [0.2, 0.25) is 10.0 Å². The average Bonchev–Trinajstić information content (AvgIpc) is 3.24. The van der Waals surface area contributed by atoms with Gasteiger partial charge in [-0.2, -0.15) is 0 Å². The van der Waals surface area contributed by atoms with E-state index in [4.69, 9.17) is 27.9 Å². The Kier molecular flexibility index (Phi) is 5.93. The van der Waals surface area contributed by atoms with Gasteiger partial charge >= 0.3 is 5.97 Å². The predicted molar refractivity (Wildman–Crippen MR) is 90.7 cm³/mol. The largest absolute Gasteiger partial charge is 0.467 e. The molecular weight excluding hydrogens is 337 g/mol. The first-order valence-corrected chi connectivity index (χ1v) is 8.41. The van der Waals surface area contributed by atoms with E-state index >= 15 is 0 Å². The van der Waals surface area contributed by atoms with E-state index in [1.54, 1.807) is 6.07 Å². The van der Waals surface area contributed by atoms with Crippen LogP contribution in [-0.4, -0.2) is 25.0 Å². The first-order valence-electron chi connectivity index (χ1n) is 7.66. The Morgan fingerprint density at radius 3 is 2.39 bits per heavy atom. The van der Waals surface area contributed by atoms with E-state index in [0.29, 0.717) is 16.5 Å². The van der Waals surface area contributed by atoms with Crippen LogP contribution in [-0.2, 0) is 14.3 Å². The quantitative estimate of drug-likeness (QED) is 0.787.